The van der Waals surface area contributed by atoms with Gasteiger partial charge in [-0.25, -0.2) is 8.42 Å². The maximum Gasteiger partial charge on any atom is 0.214 e. The van der Waals surface area contributed by atoms with Gasteiger partial charge in [0.2, 0.25) is 10.0 Å². The van der Waals surface area contributed by atoms with Crippen LogP contribution in [0.5, 0.6) is 0 Å². The highest BCUT2D eigenvalue weighted by Crippen LogP contribution is 2.25. The molecule has 6 nitrogen and oxygen atoms in total. The average Bonchev–Trinajstić information content (AvgIpc) is 3.15. The second-order valence-electron chi connectivity index (χ2n) is 5.95. The quantitative estimate of drug-likeness (QED) is 0.816. The third-order valence-corrected chi connectivity index (χ3v) is 6.38. The highest BCUT2D eigenvalue weighted by atomic mass is 32.2. The summed E-state index contributed by atoms with van der Waals surface area (Å²) in [6, 6.07) is 2.09. The summed E-state index contributed by atoms with van der Waals surface area (Å²) >= 11 is 0. The molecule has 0 saturated carbocycles. The van der Waals surface area contributed by atoms with E-state index in [0.717, 1.165) is 18.7 Å². The van der Waals surface area contributed by atoms with Crippen molar-refractivity contribution in [2.75, 3.05) is 31.9 Å². The van der Waals surface area contributed by atoms with Crippen LogP contribution in [0.4, 0.5) is 0 Å². The Balaban J connectivity index is 1.72. The van der Waals surface area contributed by atoms with E-state index in [1.165, 1.54) is 25.9 Å². The topological polar surface area (TPSA) is 58.4 Å². The molecule has 1 fully saturated rings. The van der Waals surface area contributed by atoms with Crippen molar-refractivity contribution in [1.82, 2.24) is 19.0 Å². The third kappa shape index (κ3) is 3.14. The molecule has 1 atom stereocenters. The largest absolute Gasteiger partial charge is 0.303 e. The Morgan fingerprint density at radius 3 is 2.81 bits per heavy atom. The molecule has 0 aromatic carbocycles. The van der Waals surface area contributed by atoms with Crippen molar-refractivity contribution >= 4 is 10.0 Å². The van der Waals surface area contributed by atoms with Crippen LogP contribution in [-0.4, -0.2) is 59.3 Å². The van der Waals surface area contributed by atoms with Gasteiger partial charge in [-0.05, 0) is 45.3 Å². The van der Waals surface area contributed by atoms with Gasteiger partial charge >= 0.3 is 0 Å². The molecule has 0 aliphatic carbocycles. The SMILES string of the molecule is CCS(=O)(=O)N1Cc2ccnn2C(CCN2CCCC2)C1. The van der Waals surface area contributed by atoms with Crippen molar-refractivity contribution in [3.05, 3.63) is 18.0 Å². The maximum atomic E-state index is 12.2. The van der Waals surface area contributed by atoms with E-state index in [2.05, 4.69) is 10.00 Å². The second kappa shape index (κ2) is 6.06. The van der Waals surface area contributed by atoms with E-state index in [0.29, 0.717) is 13.1 Å². The molecule has 0 spiro atoms. The summed E-state index contributed by atoms with van der Waals surface area (Å²) in [6.07, 6.45) is 5.31. The van der Waals surface area contributed by atoms with E-state index >= 15 is 0 Å². The van der Waals surface area contributed by atoms with Gasteiger partial charge in [-0.3, -0.25) is 4.68 Å². The van der Waals surface area contributed by atoms with E-state index in [1.807, 2.05) is 10.7 Å². The zero-order valence-electron chi connectivity index (χ0n) is 12.6. The first-order valence-corrected chi connectivity index (χ1v) is 9.43. The summed E-state index contributed by atoms with van der Waals surface area (Å²) < 4.78 is 28.0. The van der Waals surface area contributed by atoms with Crippen molar-refractivity contribution in [2.45, 2.75) is 38.8 Å². The van der Waals surface area contributed by atoms with Crippen LogP contribution in [0.3, 0.4) is 0 Å². The smallest absolute Gasteiger partial charge is 0.214 e. The number of nitrogens with zero attached hydrogens (tertiary/aromatic N) is 4. The summed E-state index contributed by atoms with van der Waals surface area (Å²) in [6.45, 7) is 6.10. The molecule has 1 saturated heterocycles. The molecule has 7 heteroatoms. The Morgan fingerprint density at radius 2 is 2.10 bits per heavy atom. The highest BCUT2D eigenvalue weighted by Gasteiger charge is 2.31. The van der Waals surface area contributed by atoms with Gasteiger partial charge in [0, 0.05) is 19.3 Å². The molecule has 2 aliphatic rings. The van der Waals surface area contributed by atoms with E-state index in [1.54, 1.807) is 17.4 Å². The third-order valence-electron chi connectivity index (χ3n) is 4.59. The molecule has 3 heterocycles. The summed E-state index contributed by atoms with van der Waals surface area (Å²) in [5.74, 6) is 0.167. The van der Waals surface area contributed by atoms with Gasteiger partial charge in [0.1, 0.15) is 0 Å². The fraction of sp³-hybridized carbons (Fsp3) is 0.786. The van der Waals surface area contributed by atoms with Crippen LogP contribution >= 0.6 is 0 Å². The lowest BCUT2D eigenvalue weighted by atomic mass is 10.1. The van der Waals surface area contributed by atoms with Crippen LogP contribution in [-0.2, 0) is 16.6 Å². The molecule has 2 aliphatic heterocycles. The molecular formula is C14H24N4O2S. The maximum absolute atomic E-state index is 12.2. The van der Waals surface area contributed by atoms with E-state index in [-0.39, 0.29) is 11.8 Å². The number of hydrogen-bond acceptors (Lipinski definition) is 4. The van der Waals surface area contributed by atoms with Gasteiger partial charge in [0.15, 0.2) is 0 Å². The van der Waals surface area contributed by atoms with Crippen molar-refractivity contribution in [2.24, 2.45) is 0 Å². The molecule has 0 bridgehead atoms. The first kappa shape index (κ1) is 15.0. The molecule has 21 heavy (non-hydrogen) atoms. The minimum absolute atomic E-state index is 0.158. The molecule has 0 amide bonds. The molecule has 118 valence electrons. The second-order valence-corrected chi connectivity index (χ2v) is 8.21. The summed E-state index contributed by atoms with van der Waals surface area (Å²) in [5, 5.41) is 4.40. The highest BCUT2D eigenvalue weighted by molar-refractivity contribution is 7.89. The van der Waals surface area contributed by atoms with Gasteiger partial charge in [-0.15, -0.1) is 0 Å². The fourth-order valence-electron chi connectivity index (χ4n) is 3.30. The van der Waals surface area contributed by atoms with Gasteiger partial charge in [0.05, 0.1) is 24.0 Å². The number of likely N-dealkylation sites (tertiary alicyclic amines) is 1. The molecule has 0 N–H and O–H groups in total. The minimum atomic E-state index is -3.13. The Bertz CT molecular complexity index is 578. The number of hydrogen-bond donors (Lipinski definition) is 0. The van der Waals surface area contributed by atoms with Crippen LogP contribution in [0.15, 0.2) is 12.3 Å². The lowest BCUT2D eigenvalue weighted by Gasteiger charge is -2.33. The summed E-state index contributed by atoms with van der Waals surface area (Å²) in [5.41, 5.74) is 1.00. The Morgan fingerprint density at radius 1 is 1.33 bits per heavy atom. The van der Waals surface area contributed by atoms with Crippen LogP contribution in [0.25, 0.3) is 0 Å². The summed E-state index contributed by atoms with van der Waals surface area (Å²) in [4.78, 5) is 2.47. The summed E-state index contributed by atoms with van der Waals surface area (Å²) in [7, 11) is -3.13. The van der Waals surface area contributed by atoms with Crippen LogP contribution < -0.4 is 0 Å². The average molecular weight is 312 g/mol. The number of sulfonamides is 1. The molecule has 3 rings (SSSR count). The minimum Gasteiger partial charge on any atom is -0.303 e. The van der Waals surface area contributed by atoms with E-state index in [9.17, 15) is 8.42 Å². The Labute approximate surface area is 126 Å². The van der Waals surface area contributed by atoms with Gasteiger partial charge < -0.3 is 4.90 Å². The van der Waals surface area contributed by atoms with E-state index in [4.69, 9.17) is 0 Å². The number of rotatable bonds is 5. The van der Waals surface area contributed by atoms with Crippen molar-refractivity contribution in [3.63, 3.8) is 0 Å². The molecule has 1 aromatic rings. The first-order valence-electron chi connectivity index (χ1n) is 7.82. The zero-order valence-corrected chi connectivity index (χ0v) is 13.4. The van der Waals surface area contributed by atoms with Crippen molar-refractivity contribution < 1.29 is 8.42 Å². The van der Waals surface area contributed by atoms with Gasteiger partial charge in [0.25, 0.3) is 0 Å². The van der Waals surface area contributed by atoms with Crippen LogP contribution in [0, 0.1) is 0 Å². The zero-order chi connectivity index (χ0) is 14.9. The first-order chi connectivity index (χ1) is 10.1. The lowest BCUT2D eigenvalue weighted by Crippen LogP contribution is -2.42. The van der Waals surface area contributed by atoms with Gasteiger partial charge in [-0.2, -0.15) is 9.40 Å². The molecule has 1 aromatic heterocycles. The Hall–Kier alpha value is -0.920. The number of fused-ring (bicyclic) bond motifs is 1. The Kier molecular flexibility index (Phi) is 4.33. The van der Waals surface area contributed by atoms with E-state index < -0.39 is 10.0 Å². The normalized spacial score (nSPS) is 24.3. The van der Waals surface area contributed by atoms with Crippen LogP contribution in [0.1, 0.15) is 37.9 Å². The van der Waals surface area contributed by atoms with Gasteiger partial charge in [-0.1, -0.05) is 0 Å². The standard InChI is InChI=1S/C14H24N4O2S/c1-2-21(19,20)17-11-13-5-7-15-18(13)14(12-17)6-10-16-8-3-4-9-16/h5,7,14H,2-4,6,8-12H2,1H3. The van der Waals surface area contributed by atoms with Crippen LogP contribution in [0.2, 0.25) is 0 Å². The lowest BCUT2D eigenvalue weighted by molar-refractivity contribution is 0.226. The van der Waals surface area contributed by atoms with Crippen molar-refractivity contribution in [1.29, 1.82) is 0 Å². The predicted molar refractivity (Wildman–Crippen MR) is 81.4 cm³/mol. The number of aromatic nitrogens is 2. The fourth-order valence-corrected chi connectivity index (χ4v) is 4.39. The predicted octanol–water partition coefficient (Wildman–Crippen LogP) is 1.08. The monoisotopic (exact) mass is 312 g/mol. The molecule has 1 unspecified atom stereocenters. The molecular weight excluding hydrogens is 288 g/mol. The molecule has 0 radical (unpaired) electrons. The van der Waals surface area contributed by atoms with Crippen molar-refractivity contribution in [3.8, 4) is 0 Å².